The van der Waals surface area contributed by atoms with Crippen molar-refractivity contribution >= 4 is 10.0 Å². The van der Waals surface area contributed by atoms with Crippen molar-refractivity contribution < 1.29 is 13.2 Å². The SMILES string of the molecule is O=S(=O)(CC[C@@H]1CCCO1)N1CCC[C@@H](N2CCCCCC2)C1. The number of piperidine rings is 1. The summed E-state index contributed by atoms with van der Waals surface area (Å²) >= 11 is 0. The van der Waals surface area contributed by atoms with Crippen LogP contribution in [0.25, 0.3) is 0 Å². The Balaban J connectivity index is 1.53. The Labute approximate surface area is 141 Å². The monoisotopic (exact) mass is 344 g/mol. The normalized spacial score (nSPS) is 32.0. The number of hydrogen-bond acceptors (Lipinski definition) is 4. The highest BCUT2D eigenvalue weighted by atomic mass is 32.2. The fourth-order valence-corrected chi connectivity index (χ4v) is 5.84. The van der Waals surface area contributed by atoms with E-state index >= 15 is 0 Å². The second-order valence-corrected chi connectivity index (χ2v) is 9.43. The summed E-state index contributed by atoms with van der Waals surface area (Å²) in [5, 5.41) is 0. The molecule has 5 nitrogen and oxygen atoms in total. The van der Waals surface area contributed by atoms with E-state index < -0.39 is 10.0 Å². The van der Waals surface area contributed by atoms with Crippen molar-refractivity contribution in [2.45, 2.75) is 69.9 Å². The van der Waals surface area contributed by atoms with Crippen LogP contribution in [-0.4, -0.2) is 68.3 Å². The maximum absolute atomic E-state index is 12.7. The van der Waals surface area contributed by atoms with E-state index in [4.69, 9.17) is 4.74 Å². The van der Waals surface area contributed by atoms with Crippen LogP contribution in [0.4, 0.5) is 0 Å². The molecule has 0 spiro atoms. The number of ether oxygens (including phenoxy) is 1. The molecule has 134 valence electrons. The number of rotatable bonds is 5. The molecule has 3 heterocycles. The Bertz CT molecular complexity index is 454. The minimum atomic E-state index is -3.12. The van der Waals surface area contributed by atoms with Gasteiger partial charge in [-0.15, -0.1) is 0 Å². The molecule has 0 aromatic heterocycles. The number of likely N-dealkylation sites (tertiary alicyclic amines) is 1. The van der Waals surface area contributed by atoms with Crippen LogP contribution in [0.3, 0.4) is 0 Å². The lowest BCUT2D eigenvalue weighted by atomic mass is 10.1. The Morgan fingerprint density at radius 1 is 0.913 bits per heavy atom. The molecule has 23 heavy (non-hydrogen) atoms. The van der Waals surface area contributed by atoms with Gasteiger partial charge in [-0.2, -0.15) is 0 Å². The van der Waals surface area contributed by atoms with Gasteiger partial charge in [-0.3, -0.25) is 4.90 Å². The summed E-state index contributed by atoms with van der Waals surface area (Å²) in [4.78, 5) is 2.55. The first-order chi connectivity index (χ1) is 11.1. The van der Waals surface area contributed by atoms with Crippen molar-refractivity contribution in [3.05, 3.63) is 0 Å². The van der Waals surface area contributed by atoms with Gasteiger partial charge < -0.3 is 4.74 Å². The zero-order valence-corrected chi connectivity index (χ0v) is 15.1. The lowest BCUT2D eigenvalue weighted by Crippen LogP contribution is -2.50. The maximum Gasteiger partial charge on any atom is 0.214 e. The molecular weight excluding hydrogens is 312 g/mol. The molecule has 0 radical (unpaired) electrons. The summed E-state index contributed by atoms with van der Waals surface area (Å²) in [5.74, 6) is 0.254. The molecule has 0 saturated carbocycles. The first-order valence-electron chi connectivity index (χ1n) is 9.49. The lowest BCUT2D eigenvalue weighted by Gasteiger charge is -2.38. The first-order valence-corrected chi connectivity index (χ1v) is 11.1. The van der Waals surface area contributed by atoms with Crippen LogP contribution < -0.4 is 0 Å². The molecule has 3 fully saturated rings. The van der Waals surface area contributed by atoms with Crippen molar-refractivity contribution in [3.8, 4) is 0 Å². The fourth-order valence-electron chi connectivity index (χ4n) is 4.21. The lowest BCUT2D eigenvalue weighted by molar-refractivity contribution is 0.108. The van der Waals surface area contributed by atoms with E-state index in [1.165, 1.54) is 25.7 Å². The minimum Gasteiger partial charge on any atom is -0.378 e. The van der Waals surface area contributed by atoms with Crippen LogP contribution in [0.2, 0.25) is 0 Å². The Kier molecular flexibility index (Phi) is 6.35. The number of sulfonamides is 1. The number of hydrogen-bond donors (Lipinski definition) is 0. The van der Waals surface area contributed by atoms with E-state index in [0.29, 0.717) is 25.6 Å². The fraction of sp³-hybridized carbons (Fsp3) is 1.00. The van der Waals surface area contributed by atoms with Gasteiger partial charge in [0.25, 0.3) is 0 Å². The molecule has 3 aliphatic heterocycles. The van der Waals surface area contributed by atoms with Gasteiger partial charge >= 0.3 is 0 Å². The predicted octanol–water partition coefficient (Wildman–Crippen LogP) is 2.23. The second kappa shape index (κ2) is 8.28. The van der Waals surface area contributed by atoms with Crippen LogP contribution in [0.1, 0.15) is 57.8 Å². The van der Waals surface area contributed by atoms with E-state index in [1.807, 2.05) is 0 Å². The van der Waals surface area contributed by atoms with Crippen LogP contribution in [-0.2, 0) is 14.8 Å². The zero-order chi connectivity index (χ0) is 16.1. The molecule has 0 amide bonds. The highest BCUT2D eigenvalue weighted by Crippen LogP contribution is 2.23. The molecular formula is C17H32N2O3S. The molecule has 0 bridgehead atoms. The van der Waals surface area contributed by atoms with E-state index in [2.05, 4.69) is 4.90 Å². The molecule has 3 saturated heterocycles. The molecule has 6 heteroatoms. The van der Waals surface area contributed by atoms with Crippen LogP contribution >= 0.6 is 0 Å². The van der Waals surface area contributed by atoms with Gasteiger partial charge in [-0.25, -0.2) is 12.7 Å². The van der Waals surface area contributed by atoms with Crippen LogP contribution in [0.5, 0.6) is 0 Å². The van der Waals surface area contributed by atoms with Crippen molar-refractivity contribution in [2.75, 3.05) is 38.5 Å². The van der Waals surface area contributed by atoms with Gasteiger partial charge in [-0.05, 0) is 58.0 Å². The predicted molar refractivity (Wildman–Crippen MR) is 92.0 cm³/mol. The third kappa shape index (κ3) is 4.91. The van der Waals surface area contributed by atoms with Gasteiger partial charge in [0, 0.05) is 25.7 Å². The summed E-state index contributed by atoms with van der Waals surface area (Å²) in [6.45, 7) is 4.50. The van der Waals surface area contributed by atoms with Gasteiger partial charge in [0.05, 0.1) is 11.9 Å². The van der Waals surface area contributed by atoms with E-state index in [-0.39, 0.29) is 11.9 Å². The third-order valence-corrected chi connectivity index (χ3v) is 7.50. The third-order valence-electron chi connectivity index (χ3n) is 5.63. The summed E-state index contributed by atoms with van der Waals surface area (Å²) in [7, 11) is -3.12. The molecule has 0 unspecified atom stereocenters. The van der Waals surface area contributed by atoms with Gasteiger partial charge in [0.2, 0.25) is 10.0 Å². The highest BCUT2D eigenvalue weighted by Gasteiger charge is 2.32. The van der Waals surface area contributed by atoms with Gasteiger partial charge in [0.1, 0.15) is 0 Å². The summed E-state index contributed by atoms with van der Waals surface area (Å²) in [5.41, 5.74) is 0. The van der Waals surface area contributed by atoms with E-state index in [1.54, 1.807) is 4.31 Å². The largest absolute Gasteiger partial charge is 0.378 e. The Morgan fingerprint density at radius 2 is 1.70 bits per heavy atom. The van der Waals surface area contributed by atoms with Gasteiger partial charge in [-0.1, -0.05) is 12.8 Å². The average molecular weight is 345 g/mol. The second-order valence-electron chi connectivity index (χ2n) is 7.34. The van der Waals surface area contributed by atoms with E-state index in [0.717, 1.165) is 45.4 Å². The quantitative estimate of drug-likeness (QED) is 0.767. The van der Waals surface area contributed by atoms with Crippen molar-refractivity contribution in [2.24, 2.45) is 0 Å². The molecule has 0 aliphatic carbocycles. The Hall–Kier alpha value is -0.170. The highest BCUT2D eigenvalue weighted by molar-refractivity contribution is 7.89. The molecule has 2 atom stereocenters. The molecule has 0 N–H and O–H groups in total. The zero-order valence-electron chi connectivity index (χ0n) is 14.3. The average Bonchev–Trinajstić information content (AvgIpc) is 2.94. The van der Waals surface area contributed by atoms with Crippen molar-refractivity contribution in [1.82, 2.24) is 9.21 Å². The summed E-state index contributed by atoms with van der Waals surface area (Å²) in [6, 6.07) is 0.430. The Morgan fingerprint density at radius 3 is 2.39 bits per heavy atom. The summed E-state index contributed by atoms with van der Waals surface area (Å²) < 4.78 is 32.7. The van der Waals surface area contributed by atoms with Gasteiger partial charge in [0.15, 0.2) is 0 Å². The molecule has 3 rings (SSSR count). The molecule has 3 aliphatic rings. The van der Waals surface area contributed by atoms with Crippen molar-refractivity contribution in [3.63, 3.8) is 0 Å². The first kappa shape index (κ1) is 17.6. The summed E-state index contributed by atoms with van der Waals surface area (Å²) in [6.07, 6.45) is 10.3. The smallest absolute Gasteiger partial charge is 0.214 e. The van der Waals surface area contributed by atoms with Crippen LogP contribution in [0, 0.1) is 0 Å². The number of nitrogens with zero attached hydrogens (tertiary/aromatic N) is 2. The van der Waals surface area contributed by atoms with Crippen molar-refractivity contribution in [1.29, 1.82) is 0 Å². The minimum absolute atomic E-state index is 0.163. The molecule has 0 aromatic rings. The van der Waals surface area contributed by atoms with E-state index in [9.17, 15) is 8.42 Å². The topological polar surface area (TPSA) is 49.9 Å². The molecule has 0 aromatic carbocycles. The van der Waals surface area contributed by atoms with Crippen LogP contribution in [0.15, 0.2) is 0 Å². The maximum atomic E-state index is 12.7. The standard InChI is InChI=1S/C17H32N2O3S/c20-23(21,14-9-17-8-6-13-22-17)19-12-5-7-16(15-19)18-10-3-1-2-4-11-18/h16-17H,1-15H2/t16-,17+/m1/s1.